The van der Waals surface area contributed by atoms with E-state index >= 15 is 0 Å². The van der Waals surface area contributed by atoms with E-state index in [1.165, 1.54) is 13.3 Å². The van der Waals surface area contributed by atoms with E-state index in [-0.39, 0.29) is 0 Å². The average molecular weight is 285 g/mol. The Hall–Kier alpha value is -2.85. The first-order chi connectivity index (χ1) is 10.1. The minimum absolute atomic E-state index is 0.307. The Morgan fingerprint density at radius 2 is 2.33 bits per heavy atom. The summed E-state index contributed by atoms with van der Waals surface area (Å²) in [6, 6.07) is 6.05. The molecule has 1 unspecified atom stereocenters. The van der Waals surface area contributed by atoms with Gasteiger partial charge < -0.3 is 15.8 Å². The average Bonchev–Trinajstić information content (AvgIpc) is 2.93. The lowest BCUT2D eigenvalue weighted by atomic mass is 10.1. The molecule has 108 valence electrons. The molecule has 0 radical (unpaired) electrons. The van der Waals surface area contributed by atoms with Crippen molar-refractivity contribution in [2.24, 2.45) is 12.8 Å². The molecule has 0 saturated heterocycles. The van der Waals surface area contributed by atoms with Crippen LogP contribution >= 0.6 is 0 Å². The van der Waals surface area contributed by atoms with E-state index in [1.54, 1.807) is 36.1 Å². The van der Waals surface area contributed by atoms with E-state index in [0.29, 0.717) is 22.6 Å². The molecule has 1 heterocycles. The van der Waals surface area contributed by atoms with Gasteiger partial charge in [0.15, 0.2) is 0 Å². The molecular weight excluding hydrogens is 270 g/mol. The van der Waals surface area contributed by atoms with Crippen molar-refractivity contribution in [1.82, 2.24) is 9.78 Å². The van der Waals surface area contributed by atoms with Crippen molar-refractivity contribution in [2.45, 2.75) is 6.04 Å². The van der Waals surface area contributed by atoms with E-state index in [0.717, 1.165) is 0 Å². The number of amides is 1. The van der Waals surface area contributed by atoms with Crippen molar-refractivity contribution in [2.75, 3.05) is 12.4 Å². The van der Waals surface area contributed by atoms with Crippen LogP contribution in [0.3, 0.4) is 0 Å². The second kappa shape index (κ2) is 6.07. The number of hydrogen-bond acceptors (Lipinski definition) is 5. The van der Waals surface area contributed by atoms with Gasteiger partial charge in [-0.05, 0) is 12.1 Å². The van der Waals surface area contributed by atoms with Gasteiger partial charge in [-0.1, -0.05) is 6.07 Å². The highest BCUT2D eigenvalue weighted by Crippen LogP contribution is 2.28. The van der Waals surface area contributed by atoms with Crippen LogP contribution in [-0.2, 0) is 11.8 Å². The number of aromatic nitrogens is 2. The molecular formula is C14H15N5O2. The highest BCUT2D eigenvalue weighted by Gasteiger charge is 2.20. The summed E-state index contributed by atoms with van der Waals surface area (Å²) in [7, 11) is 3.20. The van der Waals surface area contributed by atoms with E-state index in [2.05, 4.69) is 10.4 Å². The smallest absolute Gasteiger partial charge is 0.246 e. The van der Waals surface area contributed by atoms with Crippen molar-refractivity contribution in [3.8, 4) is 11.8 Å². The van der Waals surface area contributed by atoms with Crippen LogP contribution in [0.4, 0.5) is 5.69 Å². The number of carbonyl (C=O) groups is 1. The molecule has 7 nitrogen and oxygen atoms in total. The largest absolute Gasteiger partial charge is 0.495 e. The minimum atomic E-state index is -0.879. The standard InChI is InChI=1S/C14H15N5O2/c1-19-8-10(7-17-19)12(16)14(20)18-13-9(6-15)4-3-5-11(13)21-2/h3-5,7-8,12H,16H2,1-2H3,(H,18,20). The monoisotopic (exact) mass is 285 g/mol. The number of ether oxygens (including phenoxy) is 1. The Labute approximate surface area is 121 Å². The molecule has 0 aliphatic heterocycles. The topological polar surface area (TPSA) is 106 Å². The van der Waals surface area contributed by atoms with Gasteiger partial charge in [-0.3, -0.25) is 9.48 Å². The maximum atomic E-state index is 12.2. The molecule has 0 bridgehead atoms. The molecule has 2 rings (SSSR count). The Balaban J connectivity index is 2.26. The van der Waals surface area contributed by atoms with Crippen LogP contribution in [0.25, 0.3) is 0 Å². The van der Waals surface area contributed by atoms with Gasteiger partial charge in [0.2, 0.25) is 5.91 Å². The van der Waals surface area contributed by atoms with Crippen LogP contribution < -0.4 is 15.8 Å². The number of anilines is 1. The van der Waals surface area contributed by atoms with Gasteiger partial charge in [0.05, 0.1) is 18.9 Å². The Kier molecular flexibility index (Phi) is 4.21. The lowest BCUT2D eigenvalue weighted by molar-refractivity contribution is -0.117. The van der Waals surface area contributed by atoms with E-state index in [4.69, 9.17) is 15.7 Å². The van der Waals surface area contributed by atoms with Gasteiger partial charge in [0.1, 0.15) is 23.5 Å². The van der Waals surface area contributed by atoms with Crippen LogP contribution in [0.5, 0.6) is 5.75 Å². The van der Waals surface area contributed by atoms with Gasteiger partial charge in [-0.2, -0.15) is 10.4 Å². The summed E-state index contributed by atoms with van der Waals surface area (Å²) in [6.45, 7) is 0. The number of nitrogens with two attached hydrogens (primary N) is 1. The number of para-hydroxylation sites is 1. The van der Waals surface area contributed by atoms with E-state index < -0.39 is 11.9 Å². The number of carbonyl (C=O) groups excluding carboxylic acids is 1. The summed E-state index contributed by atoms with van der Waals surface area (Å²) >= 11 is 0. The number of benzene rings is 1. The quantitative estimate of drug-likeness (QED) is 0.869. The Morgan fingerprint density at radius 3 is 2.90 bits per heavy atom. The van der Waals surface area contributed by atoms with Gasteiger partial charge in [0, 0.05) is 18.8 Å². The summed E-state index contributed by atoms with van der Waals surface area (Å²) in [4.78, 5) is 12.2. The fourth-order valence-electron chi connectivity index (χ4n) is 1.88. The summed E-state index contributed by atoms with van der Waals surface area (Å²) < 4.78 is 6.72. The summed E-state index contributed by atoms with van der Waals surface area (Å²) in [5.74, 6) is -0.0372. The third-order valence-corrected chi connectivity index (χ3v) is 2.98. The molecule has 21 heavy (non-hydrogen) atoms. The lowest BCUT2D eigenvalue weighted by Crippen LogP contribution is -2.28. The second-order valence-electron chi connectivity index (χ2n) is 4.41. The zero-order valence-electron chi connectivity index (χ0n) is 11.7. The van der Waals surface area contributed by atoms with Crippen LogP contribution in [0.2, 0.25) is 0 Å². The maximum Gasteiger partial charge on any atom is 0.246 e. The highest BCUT2D eigenvalue weighted by atomic mass is 16.5. The Bertz CT molecular complexity index is 702. The van der Waals surface area contributed by atoms with Crippen molar-refractivity contribution < 1.29 is 9.53 Å². The van der Waals surface area contributed by atoms with Gasteiger partial charge in [0.25, 0.3) is 0 Å². The molecule has 3 N–H and O–H groups in total. The molecule has 1 amide bonds. The predicted octanol–water partition coefficient (Wildman–Crippen LogP) is 0.939. The predicted molar refractivity (Wildman–Crippen MR) is 76.5 cm³/mol. The number of aryl methyl sites for hydroxylation is 1. The van der Waals surface area contributed by atoms with Crippen LogP contribution in [0.15, 0.2) is 30.6 Å². The number of rotatable bonds is 4. The third kappa shape index (κ3) is 3.01. The molecule has 0 spiro atoms. The summed E-state index contributed by atoms with van der Waals surface area (Å²) in [5.41, 5.74) is 7.10. The lowest BCUT2D eigenvalue weighted by Gasteiger charge is -2.14. The van der Waals surface area contributed by atoms with Crippen LogP contribution in [0.1, 0.15) is 17.2 Å². The van der Waals surface area contributed by atoms with E-state index in [1.807, 2.05) is 6.07 Å². The number of nitriles is 1. The SMILES string of the molecule is COc1cccc(C#N)c1NC(=O)C(N)c1cnn(C)c1. The van der Waals surface area contributed by atoms with Crippen LogP contribution in [-0.4, -0.2) is 22.8 Å². The minimum Gasteiger partial charge on any atom is -0.495 e. The number of methoxy groups -OCH3 is 1. The molecule has 0 aliphatic rings. The van der Waals surface area contributed by atoms with Gasteiger partial charge in [-0.15, -0.1) is 0 Å². The van der Waals surface area contributed by atoms with Gasteiger partial charge >= 0.3 is 0 Å². The molecule has 7 heteroatoms. The van der Waals surface area contributed by atoms with E-state index in [9.17, 15) is 4.79 Å². The molecule has 0 saturated carbocycles. The fraction of sp³-hybridized carbons (Fsp3) is 0.214. The zero-order chi connectivity index (χ0) is 15.4. The first-order valence-corrected chi connectivity index (χ1v) is 6.19. The van der Waals surface area contributed by atoms with Crippen molar-refractivity contribution >= 4 is 11.6 Å². The van der Waals surface area contributed by atoms with Crippen molar-refractivity contribution in [1.29, 1.82) is 5.26 Å². The van der Waals surface area contributed by atoms with Gasteiger partial charge in [-0.25, -0.2) is 0 Å². The zero-order valence-corrected chi connectivity index (χ0v) is 11.7. The maximum absolute atomic E-state index is 12.2. The molecule has 2 aromatic rings. The highest BCUT2D eigenvalue weighted by molar-refractivity contribution is 5.97. The van der Waals surface area contributed by atoms with Crippen molar-refractivity contribution in [3.05, 3.63) is 41.7 Å². The molecule has 0 fully saturated rings. The molecule has 1 aromatic carbocycles. The molecule has 0 aliphatic carbocycles. The fourth-order valence-corrected chi connectivity index (χ4v) is 1.88. The summed E-state index contributed by atoms with van der Waals surface area (Å²) in [5, 5.41) is 15.7. The third-order valence-electron chi connectivity index (χ3n) is 2.98. The number of nitrogens with zero attached hydrogens (tertiary/aromatic N) is 3. The number of hydrogen-bond donors (Lipinski definition) is 2. The second-order valence-corrected chi connectivity index (χ2v) is 4.41. The molecule has 1 atom stereocenters. The Morgan fingerprint density at radius 1 is 1.57 bits per heavy atom. The first kappa shape index (κ1) is 14.6. The van der Waals surface area contributed by atoms with Crippen LogP contribution in [0, 0.1) is 11.3 Å². The molecule has 1 aromatic heterocycles. The summed E-state index contributed by atoms with van der Waals surface area (Å²) in [6.07, 6.45) is 3.19. The number of nitrogens with one attached hydrogen (secondary N) is 1. The van der Waals surface area contributed by atoms with Crippen molar-refractivity contribution in [3.63, 3.8) is 0 Å². The normalized spacial score (nSPS) is 11.5. The first-order valence-electron chi connectivity index (χ1n) is 6.19.